The highest BCUT2D eigenvalue weighted by atomic mass is 16.2. The standard InChI is InChI=1S/C27H30N6O/c1-26(2,3)17-27(4,5)33-25(34)30-18-12-13-19-22(16-18)32-24(21-11-7-9-15-29-21)23(31-19)20-10-6-8-14-28-20/h6-16H,17H2,1-5H3,(H2,30,33,34). The molecule has 0 fully saturated rings. The van der Waals surface area contributed by atoms with Crippen molar-refractivity contribution in [1.82, 2.24) is 25.3 Å². The van der Waals surface area contributed by atoms with E-state index < -0.39 is 0 Å². The van der Waals surface area contributed by atoms with Crippen LogP contribution >= 0.6 is 0 Å². The van der Waals surface area contributed by atoms with Gasteiger partial charge in [-0.25, -0.2) is 14.8 Å². The summed E-state index contributed by atoms with van der Waals surface area (Å²) in [6.45, 7) is 10.5. The lowest BCUT2D eigenvalue weighted by atomic mass is 9.82. The minimum absolute atomic E-state index is 0.0997. The molecular weight excluding hydrogens is 424 g/mol. The molecule has 4 aromatic rings. The first-order chi connectivity index (χ1) is 16.1. The molecule has 174 valence electrons. The van der Waals surface area contributed by atoms with Crippen LogP contribution in [0.25, 0.3) is 33.8 Å². The van der Waals surface area contributed by atoms with Crippen LogP contribution in [0.1, 0.15) is 41.0 Å². The van der Waals surface area contributed by atoms with Crippen molar-refractivity contribution in [1.29, 1.82) is 0 Å². The highest BCUT2D eigenvalue weighted by molar-refractivity contribution is 5.93. The van der Waals surface area contributed by atoms with Crippen LogP contribution in [0.3, 0.4) is 0 Å². The molecule has 1 aromatic carbocycles. The third-order valence-electron chi connectivity index (χ3n) is 5.16. The Balaban J connectivity index is 1.67. The molecular formula is C27H30N6O. The zero-order valence-corrected chi connectivity index (χ0v) is 20.3. The number of hydrogen-bond donors (Lipinski definition) is 2. The number of rotatable bonds is 5. The number of hydrogen-bond acceptors (Lipinski definition) is 5. The number of anilines is 1. The van der Waals surface area contributed by atoms with E-state index in [-0.39, 0.29) is 17.0 Å². The molecule has 2 N–H and O–H groups in total. The van der Waals surface area contributed by atoms with E-state index in [1.807, 2.05) is 68.4 Å². The Morgan fingerprint density at radius 1 is 0.794 bits per heavy atom. The van der Waals surface area contributed by atoms with Crippen LogP contribution in [0.2, 0.25) is 0 Å². The highest BCUT2D eigenvalue weighted by Gasteiger charge is 2.27. The molecule has 0 aliphatic rings. The molecule has 2 amide bonds. The van der Waals surface area contributed by atoms with Crippen molar-refractivity contribution in [2.45, 2.75) is 46.6 Å². The fourth-order valence-corrected chi connectivity index (χ4v) is 4.33. The van der Waals surface area contributed by atoms with E-state index in [9.17, 15) is 4.79 Å². The van der Waals surface area contributed by atoms with E-state index in [1.165, 1.54) is 0 Å². The van der Waals surface area contributed by atoms with Crippen molar-refractivity contribution in [2.24, 2.45) is 5.41 Å². The number of amides is 2. The lowest BCUT2D eigenvalue weighted by Crippen LogP contribution is -2.47. The van der Waals surface area contributed by atoms with Gasteiger partial charge in [0.05, 0.1) is 22.4 Å². The van der Waals surface area contributed by atoms with Crippen molar-refractivity contribution >= 4 is 22.8 Å². The number of nitrogens with one attached hydrogen (secondary N) is 2. The zero-order chi connectivity index (χ0) is 24.3. The molecule has 7 nitrogen and oxygen atoms in total. The maximum Gasteiger partial charge on any atom is 0.319 e. The number of aromatic nitrogens is 4. The van der Waals surface area contributed by atoms with Gasteiger partial charge in [0.1, 0.15) is 11.4 Å². The number of urea groups is 1. The molecule has 4 rings (SSSR count). The van der Waals surface area contributed by atoms with E-state index in [0.29, 0.717) is 33.8 Å². The fraction of sp³-hybridized carbons (Fsp3) is 0.296. The summed E-state index contributed by atoms with van der Waals surface area (Å²) in [6.07, 6.45) is 4.31. The summed E-state index contributed by atoms with van der Waals surface area (Å²) >= 11 is 0. The maximum atomic E-state index is 12.7. The van der Waals surface area contributed by atoms with Crippen LogP contribution in [0.5, 0.6) is 0 Å². The van der Waals surface area contributed by atoms with E-state index in [0.717, 1.165) is 12.1 Å². The quantitative estimate of drug-likeness (QED) is 0.381. The van der Waals surface area contributed by atoms with Gasteiger partial charge in [0.2, 0.25) is 0 Å². The number of nitrogens with zero attached hydrogens (tertiary/aromatic N) is 4. The van der Waals surface area contributed by atoms with Gasteiger partial charge >= 0.3 is 6.03 Å². The minimum atomic E-state index is -0.345. The predicted molar refractivity (Wildman–Crippen MR) is 136 cm³/mol. The van der Waals surface area contributed by atoms with Gasteiger partial charge in [0.15, 0.2) is 0 Å². The van der Waals surface area contributed by atoms with Crippen molar-refractivity contribution in [2.75, 3.05) is 5.32 Å². The Bertz CT molecular complexity index is 1300. The van der Waals surface area contributed by atoms with Crippen LogP contribution in [-0.4, -0.2) is 31.5 Å². The van der Waals surface area contributed by atoms with Crippen LogP contribution in [-0.2, 0) is 0 Å². The molecule has 0 aliphatic carbocycles. The average Bonchev–Trinajstić information content (AvgIpc) is 2.77. The molecule has 7 heteroatoms. The summed E-state index contributed by atoms with van der Waals surface area (Å²) in [4.78, 5) is 31.4. The second-order valence-corrected chi connectivity index (χ2v) is 10.3. The van der Waals surface area contributed by atoms with Crippen molar-refractivity contribution in [3.63, 3.8) is 0 Å². The predicted octanol–water partition coefficient (Wildman–Crippen LogP) is 6.09. The van der Waals surface area contributed by atoms with E-state index in [2.05, 4.69) is 41.4 Å². The Morgan fingerprint density at radius 3 is 1.91 bits per heavy atom. The molecule has 3 aromatic heterocycles. The van der Waals surface area contributed by atoms with E-state index >= 15 is 0 Å². The first-order valence-corrected chi connectivity index (χ1v) is 11.3. The summed E-state index contributed by atoms with van der Waals surface area (Å²) in [5.41, 5.74) is 4.49. The van der Waals surface area contributed by atoms with Crippen molar-refractivity contribution < 1.29 is 4.79 Å². The number of carbonyl (C=O) groups excluding carboxylic acids is 1. The summed E-state index contributed by atoms with van der Waals surface area (Å²) < 4.78 is 0. The molecule has 0 unspecified atom stereocenters. The van der Waals surface area contributed by atoms with Gasteiger partial charge in [-0.05, 0) is 68.1 Å². The first kappa shape index (κ1) is 23.3. The third-order valence-corrected chi connectivity index (χ3v) is 5.16. The number of benzene rings is 1. The molecule has 0 bridgehead atoms. The second kappa shape index (κ2) is 9.17. The normalized spacial score (nSPS) is 11.9. The monoisotopic (exact) mass is 454 g/mol. The summed E-state index contributed by atoms with van der Waals surface area (Å²) in [6, 6.07) is 16.6. The van der Waals surface area contributed by atoms with Gasteiger partial charge in [-0.2, -0.15) is 0 Å². The first-order valence-electron chi connectivity index (χ1n) is 11.3. The molecule has 0 aliphatic heterocycles. The van der Waals surface area contributed by atoms with Gasteiger partial charge in [0, 0.05) is 23.6 Å². The van der Waals surface area contributed by atoms with Crippen molar-refractivity contribution in [3.05, 3.63) is 67.0 Å². The van der Waals surface area contributed by atoms with Gasteiger partial charge in [-0.3, -0.25) is 9.97 Å². The van der Waals surface area contributed by atoms with Gasteiger partial charge in [-0.15, -0.1) is 0 Å². The Labute approximate surface area is 200 Å². The van der Waals surface area contributed by atoms with Crippen LogP contribution in [0.15, 0.2) is 67.0 Å². The maximum absolute atomic E-state index is 12.7. The van der Waals surface area contributed by atoms with Gasteiger partial charge in [-0.1, -0.05) is 32.9 Å². The topological polar surface area (TPSA) is 92.7 Å². The number of fused-ring (bicyclic) bond motifs is 1. The third kappa shape index (κ3) is 5.73. The Kier molecular flexibility index (Phi) is 6.28. The SMILES string of the molecule is CC(C)(C)CC(C)(C)NC(=O)Nc1ccc2nc(-c3ccccn3)c(-c3ccccn3)nc2c1. The lowest BCUT2D eigenvalue weighted by Gasteiger charge is -2.33. The summed E-state index contributed by atoms with van der Waals surface area (Å²) in [5, 5.41) is 6.01. The van der Waals surface area contributed by atoms with Crippen LogP contribution in [0.4, 0.5) is 10.5 Å². The molecule has 0 saturated carbocycles. The van der Waals surface area contributed by atoms with Crippen LogP contribution in [0, 0.1) is 5.41 Å². The van der Waals surface area contributed by atoms with Crippen molar-refractivity contribution in [3.8, 4) is 22.8 Å². The number of carbonyl (C=O) groups is 1. The molecule has 34 heavy (non-hydrogen) atoms. The average molecular weight is 455 g/mol. The Hall–Kier alpha value is -3.87. The summed E-state index contributed by atoms with van der Waals surface area (Å²) in [5.74, 6) is 0. The largest absolute Gasteiger partial charge is 0.333 e. The fourth-order valence-electron chi connectivity index (χ4n) is 4.33. The summed E-state index contributed by atoms with van der Waals surface area (Å²) in [7, 11) is 0. The van der Waals surface area contributed by atoms with Gasteiger partial charge < -0.3 is 10.6 Å². The second-order valence-electron chi connectivity index (χ2n) is 10.3. The molecule has 0 radical (unpaired) electrons. The zero-order valence-electron chi connectivity index (χ0n) is 20.3. The van der Waals surface area contributed by atoms with Crippen LogP contribution < -0.4 is 10.6 Å². The van der Waals surface area contributed by atoms with E-state index in [1.54, 1.807) is 12.4 Å². The molecule has 0 atom stereocenters. The molecule has 3 heterocycles. The number of pyridine rings is 2. The Morgan fingerprint density at radius 2 is 1.38 bits per heavy atom. The minimum Gasteiger partial charge on any atom is -0.333 e. The lowest BCUT2D eigenvalue weighted by molar-refractivity contribution is 0.220. The molecule has 0 spiro atoms. The smallest absolute Gasteiger partial charge is 0.319 e. The van der Waals surface area contributed by atoms with E-state index in [4.69, 9.17) is 9.97 Å². The molecule has 0 saturated heterocycles. The highest BCUT2D eigenvalue weighted by Crippen LogP contribution is 2.30. The van der Waals surface area contributed by atoms with Gasteiger partial charge in [0.25, 0.3) is 0 Å².